The van der Waals surface area contributed by atoms with Gasteiger partial charge < -0.3 is 9.64 Å². The van der Waals surface area contributed by atoms with E-state index in [1.165, 1.54) is 28.0 Å². The van der Waals surface area contributed by atoms with Gasteiger partial charge >= 0.3 is 0 Å². The van der Waals surface area contributed by atoms with E-state index in [2.05, 4.69) is 34.5 Å². The quantitative estimate of drug-likeness (QED) is 0.494. The third-order valence-electron chi connectivity index (χ3n) is 5.22. The van der Waals surface area contributed by atoms with Gasteiger partial charge in [-0.05, 0) is 62.4 Å². The van der Waals surface area contributed by atoms with Gasteiger partial charge in [-0.15, -0.1) is 10.2 Å². The van der Waals surface area contributed by atoms with Crippen molar-refractivity contribution in [3.8, 4) is 33.0 Å². The number of aromatic nitrogens is 2. The maximum Gasteiger partial charge on any atom is 0.233 e. The number of hydrogen-bond donors (Lipinski definition) is 1. The molecule has 7 nitrogen and oxygen atoms in total. The highest BCUT2D eigenvalue weighted by molar-refractivity contribution is 7.97. The number of carbonyl (C=O) groups excluding carboxylic acids is 1. The molecule has 0 radical (unpaired) electrons. The van der Waals surface area contributed by atoms with Crippen LogP contribution < -0.4 is 9.88 Å². The van der Waals surface area contributed by atoms with Crippen molar-refractivity contribution in [2.45, 2.75) is 39.2 Å². The summed E-state index contributed by atoms with van der Waals surface area (Å²) in [7, 11) is 3.41. The third kappa shape index (κ3) is 6.35. The summed E-state index contributed by atoms with van der Waals surface area (Å²) in [5.74, 6) is 1.03. The molecule has 178 valence electrons. The van der Waals surface area contributed by atoms with Crippen molar-refractivity contribution >= 4 is 29.2 Å². The highest BCUT2D eigenvalue weighted by atomic mass is 32.2. The molecule has 0 saturated carbocycles. The molecule has 0 fully saturated rings. The van der Waals surface area contributed by atoms with E-state index in [9.17, 15) is 10.1 Å². The first-order valence-corrected chi connectivity index (χ1v) is 12.9. The number of carbonyl (C=O) groups is 1. The molecule has 0 saturated heterocycles. The molecule has 4 rings (SSSR count). The largest absolute Gasteiger partial charge is 0.490 e. The first kappa shape index (κ1) is 25.7. The summed E-state index contributed by atoms with van der Waals surface area (Å²) >= 11 is 2.62. The topological polar surface area (TPSA) is 105 Å². The molecule has 0 unspecified atom stereocenters. The Morgan fingerprint density at radius 3 is 2.65 bits per heavy atom. The minimum Gasteiger partial charge on any atom is -0.490 e. The zero-order valence-electron chi connectivity index (χ0n) is 19.9. The van der Waals surface area contributed by atoms with Gasteiger partial charge in [0.05, 0.1) is 17.4 Å². The molecule has 2 N–H and O–H groups in total. The molecule has 0 spiro atoms. The van der Waals surface area contributed by atoms with Crippen molar-refractivity contribution < 1.29 is 9.53 Å². The van der Waals surface area contributed by atoms with E-state index in [0.29, 0.717) is 17.1 Å². The summed E-state index contributed by atoms with van der Waals surface area (Å²) in [6, 6.07) is 14.3. The van der Waals surface area contributed by atoms with Crippen LogP contribution in [0.5, 0.6) is 5.75 Å². The molecular weight excluding hydrogens is 466 g/mol. The summed E-state index contributed by atoms with van der Waals surface area (Å²) in [5.41, 5.74) is 5.46. The molecule has 1 aromatic heterocycles. The van der Waals surface area contributed by atoms with Gasteiger partial charge in [-0.1, -0.05) is 41.5 Å². The number of ether oxygens (including phenoxy) is 1. The van der Waals surface area contributed by atoms with Gasteiger partial charge in [-0.3, -0.25) is 9.93 Å². The van der Waals surface area contributed by atoms with Crippen LogP contribution in [0.2, 0.25) is 0 Å². The molecule has 0 atom stereocenters. The molecular formula is C25H29N5O2S2. The Morgan fingerprint density at radius 1 is 1.24 bits per heavy atom. The van der Waals surface area contributed by atoms with E-state index < -0.39 is 0 Å². The molecule has 2 aromatic carbocycles. The van der Waals surface area contributed by atoms with Gasteiger partial charge in [0.2, 0.25) is 5.91 Å². The molecule has 9 heteroatoms. The lowest BCUT2D eigenvalue weighted by molar-refractivity contribution is -0.125. The summed E-state index contributed by atoms with van der Waals surface area (Å²) < 4.78 is 5.70. The normalized spacial score (nSPS) is 11.9. The van der Waals surface area contributed by atoms with Crippen molar-refractivity contribution in [1.29, 1.82) is 5.26 Å². The Balaban J connectivity index is 0.000000350. The summed E-state index contributed by atoms with van der Waals surface area (Å²) in [6.45, 7) is 3.90. The van der Waals surface area contributed by atoms with E-state index in [1.807, 2.05) is 32.0 Å². The number of amides is 1. The first-order chi connectivity index (χ1) is 16.3. The highest BCUT2D eigenvalue weighted by Crippen LogP contribution is 2.37. The number of nitriles is 1. The van der Waals surface area contributed by atoms with E-state index in [0.717, 1.165) is 40.4 Å². The number of rotatable bonds is 6. The number of nitrogens with two attached hydrogens (primary N) is 1. The summed E-state index contributed by atoms with van der Waals surface area (Å²) in [5, 5.41) is 25.0. The molecule has 3 aromatic rings. The Kier molecular flexibility index (Phi) is 9.05. The van der Waals surface area contributed by atoms with Gasteiger partial charge in [0.25, 0.3) is 0 Å². The number of nitrogens with zero attached hydrogens (tertiary/aromatic N) is 4. The third-order valence-corrected chi connectivity index (χ3v) is 6.64. The summed E-state index contributed by atoms with van der Waals surface area (Å²) in [4.78, 5) is 12.1. The van der Waals surface area contributed by atoms with Gasteiger partial charge in [-0.2, -0.15) is 5.26 Å². The van der Waals surface area contributed by atoms with Gasteiger partial charge in [0.15, 0.2) is 0 Å². The van der Waals surface area contributed by atoms with Crippen molar-refractivity contribution in [3.63, 3.8) is 0 Å². The first-order valence-electron chi connectivity index (χ1n) is 11.0. The Bertz CT molecular complexity index is 1180. The van der Waals surface area contributed by atoms with Gasteiger partial charge in [0, 0.05) is 25.2 Å². The van der Waals surface area contributed by atoms with E-state index in [-0.39, 0.29) is 12.0 Å². The molecule has 1 aliphatic rings. The van der Waals surface area contributed by atoms with Crippen LogP contribution in [0.1, 0.15) is 37.0 Å². The minimum absolute atomic E-state index is 0.0289. The zero-order chi connectivity index (χ0) is 24.7. The predicted molar refractivity (Wildman–Crippen MR) is 139 cm³/mol. The average molecular weight is 496 g/mol. The van der Waals surface area contributed by atoms with Gasteiger partial charge in [-0.25, -0.2) is 0 Å². The SMILES string of the molecule is CC(C)Oc1ccc(-c2nnc(-c3cccc4c3CCC4)s2)cc1C#N.CN(C)C(=O)CSN. The predicted octanol–water partition coefficient (Wildman–Crippen LogP) is 4.70. The molecule has 0 aliphatic heterocycles. The highest BCUT2D eigenvalue weighted by Gasteiger charge is 2.19. The van der Waals surface area contributed by atoms with Crippen LogP contribution in [0.4, 0.5) is 0 Å². The second kappa shape index (κ2) is 12.0. The van der Waals surface area contributed by atoms with Crippen LogP contribution >= 0.6 is 23.3 Å². The fourth-order valence-corrected chi connectivity index (χ4v) is 4.87. The summed E-state index contributed by atoms with van der Waals surface area (Å²) in [6.07, 6.45) is 3.50. The maximum absolute atomic E-state index is 10.6. The fourth-order valence-electron chi connectivity index (χ4n) is 3.58. The van der Waals surface area contributed by atoms with Crippen LogP contribution in [-0.2, 0) is 17.6 Å². The Morgan fingerprint density at radius 2 is 2.00 bits per heavy atom. The minimum atomic E-state index is 0.0289. The maximum atomic E-state index is 10.6. The van der Waals surface area contributed by atoms with Crippen LogP contribution in [0.25, 0.3) is 21.1 Å². The lowest BCUT2D eigenvalue weighted by Crippen LogP contribution is -2.23. The monoisotopic (exact) mass is 495 g/mol. The molecule has 34 heavy (non-hydrogen) atoms. The Labute approximate surface area is 209 Å². The van der Waals surface area contributed by atoms with E-state index in [1.54, 1.807) is 25.4 Å². The van der Waals surface area contributed by atoms with Gasteiger partial charge in [0.1, 0.15) is 21.8 Å². The lowest BCUT2D eigenvalue weighted by Gasteiger charge is -2.11. The van der Waals surface area contributed by atoms with E-state index in [4.69, 9.17) is 9.88 Å². The molecule has 1 aliphatic carbocycles. The standard InChI is InChI=1S/C21H19N3OS.C4H10N2OS/c1-13(2)25-19-10-9-15(11-16(19)12-22)20-23-24-21(26-20)18-8-4-6-14-5-3-7-17(14)18;1-6(2)4(7)3-8-5/h4,6,8-11,13H,3,5,7H2,1-2H3;3,5H2,1-2H3. The number of fused-ring (bicyclic) bond motifs is 1. The average Bonchev–Trinajstić information content (AvgIpc) is 3.49. The second-order valence-electron chi connectivity index (χ2n) is 8.30. The van der Waals surface area contributed by atoms with Crippen molar-refractivity contribution in [3.05, 3.63) is 53.1 Å². The smallest absolute Gasteiger partial charge is 0.233 e. The van der Waals surface area contributed by atoms with Crippen LogP contribution in [0, 0.1) is 11.3 Å². The van der Waals surface area contributed by atoms with Crippen LogP contribution in [0.3, 0.4) is 0 Å². The lowest BCUT2D eigenvalue weighted by atomic mass is 10.0. The zero-order valence-corrected chi connectivity index (χ0v) is 21.5. The van der Waals surface area contributed by atoms with Crippen molar-refractivity contribution in [2.24, 2.45) is 5.14 Å². The number of aryl methyl sites for hydroxylation is 1. The van der Waals surface area contributed by atoms with Crippen LogP contribution in [-0.4, -0.2) is 47.0 Å². The van der Waals surface area contributed by atoms with Crippen molar-refractivity contribution in [2.75, 3.05) is 19.8 Å². The molecule has 0 bridgehead atoms. The fraction of sp³-hybridized carbons (Fsp3) is 0.360. The van der Waals surface area contributed by atoms with Crippen molar-refractivity contribution in [1.82, 2.24) is 15.1 Å². The van der Waals surface area contributed by atoms with E-state index >= 15 is 0 Å². The second-order valence-corrected chi connectivity index (χ2v) is 9.90. The number of benzene rings is 2. The number of hydrogen-bond acceptors (Lipinski definition) is 8. The van der Waals surface area contributed by atoms with Crippen LogP contribution in [0.15, 0.2) is 36.4 Å². The molecule has 1 heterocycles. The molecule has 1 amide bonds. The Hall–Kier alpha value is -2.93.